The van der Waals surface area contributed by atoms with E-state index in [2.05, 4.69) is 24.4 Å². The van der Waals surface area contributed by atoms with Crippen molar-refractivity contribution in [1.29, 1.82) is 0 Å². The summed E-state index contributed by atoms with van der Waals surface area (Å²) >= 11 is 0. The van der Waals surface area contributed by atoms with Crippen LogP contribution in [0.25, 0.3) is 5.76 Å². The Morgan fingerprint density at radius 1 is 1.21 bits per heavy atom. The summed E-state index contributed by atoms with van der Waals surface area (Å²) in [6.07, 6.45) is 2.98. The van der Waals surface area contributed by atoms with E-state index in [0.717, 1.165) is 11.3 Å². The summed E-state index contributed by atoms with van der Waals surface area (Å²) in [5.41, 5.74) is 1.05. The second-order valence-corrected chi connectivity index (χ2v) is 9.69. The molecule has 3 nitrogen and oxygen atoms in total. The number of ether oxygens (including phenoxy) is 1. The largest absolute Gasteiger partial charge is 0.544 e. The molecule has 0 spiro atoms. The highest BCUT2D eigenvalue weighted by molar-refractivity contribution is 6.70. The van der Waals surface area contributed by atoms with Gasteiger partial charge in [0.2, 0.25) is 8.32 Å². The molecule has 0 saturated carbocycles. The molecule has 0 saturated heterocycles. The van der Waals surface area contributed by atoms with E-state index >= 15 is 0 Å². The van der Waals surface area contributed by atoms with Gasteiger partial charge in [-0.1, -0.05) is 30.3 Å². The molecule has 1 aromatic rings. The van der Waals surface area contributed by atoms with Gasteiger partial charge >= 0.3 is 5.97 Å². The monoisotopic (exact) mass is 278 g/mol. The van der Waals surface area contributed by atoms with E-state index in [4.69, 9.17) is 4.43 Å². The lowest BCUT2D eigenvalue weighted by molar-refractivity contribution is -0.140. The second-order valence-electron chi connectivity index (χ2n) is 5.26. The van der Waals surface area contributed by atoms with Gasteiger partial charge in [0.25, 0.3) is 0 Å². The summed E-state index contributed by atoms with van der Waals surface area (Å²) in [6, 6.07) is 9.98. The zero-order valence-electron chi connectivity index (χ0n) is 12.1. The first kappa shape index (κ1) is 15.5. The highest BCUT2D eigenvalue weighted by Gasteiger charge is 2.18. The first-order chi connectivity index (χ1) is 8.92. The van der Waals surface area contributed by atoms with Gasteiger partial charge in [0.1, 0.15) is 5.76 Å². The van der Waals surface area contributed by atoms with Gasteiger partial charge in [0, 0.05) is 12.0 Å². The minimum Gasteiger partial charge on any atom is -0.544 e. The molecule has 0 aromatic heterocycles. The average molecular weight is 278 g/mol. The fraction of sp³-hybridized carbons (Fsp3) is 0.400. The van der Waals surface area contributed by atoms with Crippen LogP contribution in [0.3, 0.4) is 0 Å². The fourth-order valence-corrected chi connectivity index (χ4v) is 2.43. The molecule has 4 heteroatoms. The van der Waals surface area contributed by atoms with E-state index in [1.807, 2.05) is 36.4 Å². The predicted octanol–water partition coefficient (Wildman–Crippen LogP) is 3.83. The van der Waals surface area contributed by atoms with Crippen molar-refractivity contribution in [2.24, 2.45) is 0 Å². The molecule has 0 aliphatic rings. The van der Waals surface area contributed by atoms with Crippen LogP contribution in [0.1, 0.15) is 18.4 Å². The maximum Gasteiger partial charge on any atom is 0.305 e. The van der Waals surface area contributed by atoms with Crippen molar-refractivity contribution in [1.82, 2.24) is 0 Å². The number of allylic oxidation sites excluding steroid dienone is 1. The van der Waals surface area contributed by atoms with Crippen LogP contribution in [-0.4, -0.2) is 21.4 Å². The molecule has 1 aromatic carbocycles. The van der Waals surface area contributed by atoms with Crippen LogP contribution >= 0.6 is 0 Å². The van der Waals surface area contributed by atoms with Gasteiger partial charge in [-0.05, 0) is 32.1 Å². The van der Waals surface area contributed by atoms with E-state index < -0.39 is 8.32 Å². The molecule has 0 aliphatic heterocycles. The lowest BCUT2D eigenvalue weighted by atomic mass is 10.1. The van der Waals surface area contributed by atoms with Crippen LogP contribution in [0, 0.1) is 0 Å². The van der Waals surface area contributed by atoms with Crippen LogP contribution in [0.5, 0.6) is 0 Å². The summed E-state index contributed by atoms with van der Waals surface area (Å²) in [4.78, 5) is 11.1. The number of benzene rings is 1. The number of hydrogen-bond acceptors (Lipinski definition) is 3. The molecule has 104 valence electrons. The molecule has 0 unspecified atom stereocenters. The third-order valence-corrected chi connectivity index (χ3v) is 3.21. The van der Waals surface area contributed by atoms with Gasteiger partial charge in [0.05, 0.1) is 7.11 Å². The van der Waals surface area contributed by atoms with Crippen LogP contribution in [0.4, 0.5) is 0 Å². The minimum absolute atomic E-state index is 0.198. The second kappa shape index (κ2) is 7.14. The molecule has 0 aliphatic carbocycles. The predicted molar refractivity (Wildman–Crippen MR) is 80.1 cm³/mol. The normalized spacial score (nSPS) is 12.1. The Bertz CT molecular complexity index is 432. The highest BCUT2D eigenvalue weighted by Crippen LogP contribution is 2.21. The fourth-order valence-electron chi connectivity index (χ4n) is 1.57. The smallest absolute Gasteiger partial charge is 0.305 e. The zero-order valence-corrected chi connectivity index (χ0v) is 13.1. The Balaban J connectivity index is 2.81. The summed E-state index contributed by atoms with van der Waals surface area (Å²) in [7, 11) is -0.268. The number of esters is 1. The lowest BCUT2D eigenvalue weighted by Crippen LogP contribution is -2.24. The van der Waals surface area contributed by atoms with Crippen LogP contribution in [0.15, 0.2) is 36.4 Å². The molecule has 0 fully saturated rings. The van der Waals surface area contributed by atoms with Crippen molar-refractivity contribution in [3.63, 3.8) is 0 Å². The zero-order chi connectivity index (χ0) is 14.3. The van der Waals surface area contributed by atoms with Gasteiger partial charge in [-0.3, -0.25) is 4.79 Å². The number of hydrogen-bond donors (Lipinski definition) is 0. The first-order valence-corrected chi connectivity index (χ1v) is 9.84. The van der Waals surface area contributed by atoms with E-state index in [1.165, 1.54) is 7.11 Å². The number of carbonyl (C=O) groups excluding carboxylic acids is 1. The molecule has 0 N–H and O–H groups in total. The van der Waals surface area contributed by atoms with Crippen LogP contribution in [0.2, 0.25) is 19.6 Å². The first-order valence-electron chi connectivity index (χ1n) is 6.44. The average Bonchev–Trinajstić information content (AvgIpc) is 2.37. The summed E-state index contributed by atoms with van der Waals surface area (Å²) < 4.78 is 10.7. The maximum atomic E-state index is 11.1. The van der Waals surface area contributed by atoms with Gasteiger partial charge in [-0.15, -0.1) is 0 Å². The lowest BCUT2D eigenvalue weighted by Gasteiger charge is -2.22. The standard InChI is InChI=1S/C15H22O3Si/c1-17-15(16)12-8-11-14(18-19(2,3)4)13-9-6-5-7-10-13/h5-7,9-11H,8,12H2,1-4H3/b14-11+. The Morgan fingerprint density at radius 3 is 2.37 bits per heavy atom. The van der Waals surface area contributed by atoms with E-state index in [-0.39, 0.29) is 5.97 Å². The Morgan fingerprint density at radius 2 is 1.84 bits per heavy atom. The van der Waals surface area contributed by atoms with Crippen molar-refractivity contribution in [2.45, 2.75) is 32.5 Å². The maximum absolute atomic E-state index is 11.1. The van der Waals surface area contributed by atoms with Gasteiger partial charge < -0.3 is 9.16 Å². The molecule has 0 bridgehead atoms. The minimum atomic E-state index is -1.67. The molecule has 0 atom stereocenters. The molecule has 0 amide bonds. The van der Waals surface area contributed by atoms with E-state index in [0.29, 0.717) is 12.8 Å². The molecular weight excluding hydrogens is 256 g/mol. The molecule has 1 rings (SSSR count). The van der Waals surface area contributed by atoms with Crippen LogP contribution in [-0.2, 0) is 14.0 Å². The van der Waals surface area contributed by atoms with Crippen molar-refractivity contribution in [2.75, 3.05) is 7.11 Å². The van der Waals surface area contributed by atoms with Gasteiger partial charge in [-0.2, -0.15) is 0 Å². The Hall–Kier alpha value is -1.55. The van der Waals surface area contributed by atoms with Crippen molar-refractivity contribution in [3.8, 4) is 0 Å². The summed E-state index contributed by atoms with van der Waals surface area (Å²) in [5.74, 6) is 0.667. The van der Waals surface area contributed by atoms with Crippen molar-refractivity contribution >= 4 is 20.0 Å². The number of methoxy groups -OCH3 is 1. The summed E-state index contributed by atoms with van der Waals surface area (Å²) in [6.45, 7) is 6.43. The number of carbonyl (C=O) groups is 1. The van der Waals surface area contributed by atoms with Gasteiger partial charge in [-0.25, -0.2) is 0 Å². The SMILES string of the molecule is COC(=O)CC/C=C(/O[Si](C)(C)C)c1ccccc1. The highest BCUT2D eigenvalue weighted by atomic mass is 28.4. The Kier molecular flexibility index (Phi) is 5.82. The van der Waals surface area contributed by atoms with E-state index in [9.17, 15) is 4.79 Å². The molecule has 0 radical (unpaired) electrons. The third-order valence-electron chi connectivity index (χ3n) is 2.38. The van der Waals surface area contributed by atoms with Crippen molar-refractivity contribution < 1.29 is 14.0 Å². The van der Waals surface area contributed by atoms with Crippen molar-refractivity contribution in [3.05, 3.63) is 42.0 Å². The molecular formula is C15H22O3Si. The molecule has 0 heterocycles. The topological polar surface area (TPSA) is 35.5 Å². The van der Waals surface area contributed by atoms with Gasteiger partial charge in [0.15, 0.2) is 0 Å². The van der Waals surface area contributed by atoms with E-state index in [1.54, 1.807) is 0 Å². The van der Waals surface area contributed by atoms with Crippen LogP contribution < -0.4 is 0 Å². The summed E-state index contributed by atoms with van der Waals surface area (Å²) in [5, 5.41) is 0. The number of rotatable bonds is 6. The third kappa shape index (κ3) is 6.24. The quantitative estimate of drug-likeness (QED) is 0.450. The Labute approximate surface area is 116 Å². The molecule has 19 heavy (non-hydrogen) atoms.